The van der Waals surface area contributed by atoms with Crippen molar-refractivity contribution in [1.82, 2.24) is 18.6 Å². The van der Waals surface area contributed by atoms with Crippen molar-refractivity contribution < 1.29 is 52.7 Å². The molecule has 2 aliphatic rings. The highest BCUT2D eigenvalue weighted by molar-refractivity contribution is 7.89. The van der Waals surface area contributed by atoms with E-state index in [1.165, 1.54) is 22.7 Å². The quantitative estimate of drug-likeness (QED) is 0.109. The van der Waals surface area contributed by atoms with Crippen molar-refractivity contribution in [2.24, 2.45) is 0 Å². The monoisotopic (exact) mass is 1130 g/mol. The third-order valence-corrected chi connectivity index (χ3v) is 18.4. The summed E-state index contributed by atoms with van der Waals surface area (Å²) in [5.74, 6) is 1.38. The van der Waals surface area contributed by atoms with Gasteiger partial charge in [0, 0.05) is 97.6 Å². The molecule has 2 fully saturated rings. The Balaban J connectivity index is 0.000000207. The largest absolute Gasteiger partial charge is 0.497 e. The maximum absolute atomic E-state index is 13.1. The Morgan fingerprint density at radius 3 is 1.41 bits per heavy atom. The number of piperazine rings is 2. The Kier molecular flexibility index (Phi) is 16.8. The van der Waals surface area contributed by atoms with Crippen LogP contribution in [0.5, 0.6) is 11.5 Å². The maximum Gasteiger partial charge on any atom is 0.416 e. The van der Waals surface area contributed by atoms with Crippen LogP contribution in [0.25, 0.3) is 0 Å². The molecule has 0 saturated carbocycles. The predicted molar refractivity (Wildman–Crippen MR) is 261 cm³/mol. The lowest BCUT2D eigenvalue weighted by Gasteiger charge is -2.34. The van der Waals surface area contributed by atoms with E-state index in [9.17, 15) is 43.2 Å². The lowest BCUT2D eigenvalue weighted by molar-refractivity contribution is -0.138. The molecule has 4 aromatic carbocycles. The molecule has 4 heterocycles. The summed E-state index contributed by atoms with van der Waals surface area (Å²) in [6.07, 6.45) is -8.28. The second-order valence-corrected chi connectivity index (χ2v) is 22.7. The summed E-state index contributed by atoms with van der Waals surface area (Å²) in [5, 5.41) is 5.92. The molecule has 376 valence electrons. The lowest BCUT2D eigenvalue weighted by Crippen LogP contribution is -2.48. The number of alkyl halides is 6. The third-order valence-electron chi connectivity index (χ3n) is 11.1. The van der Waals surface area contributed by atoms with Crippen molar-refractivity contribution in [1.29, 1.82) is 0 Å². The first kappa shape index (κ1) is 53.7. The number of thiazole rings is 2. The van der Waals surface area contributed by atoms with Crippen LogP contribution in [0.3, 0.4) is 0 Å². The third kappa shape index (κ3) is 12.6. The Bertz CT molecular complexity index is 3060. The fourth-order valence-corrected chi connectivity index (χ4v) is 13.4. The van der Waals surface area contributed by atoms with E-state index in [-0.39, 0.29) is 36.2 Å². The van der Waals surface area contributed by atoms with Crippen LogP contribution in [0.1, 0.15) is 33.6 Å². The summed E-state index contributed by atoms with van der Waals surface area (Å²) in [7, 11) is -5.22. The number of anilines is 2. The molecule has 12 nitrogen and oxygen atoms in total. The van der Waals surface area contributed by atoms with E-state index in [0.717, 1.165) is 65.7 Å². The van der Waals surface area contributed by atoms with Crippen molar-refractivity contribution >= 4 is 99.4 Å². The normalized spacial score (nSPS) is 15.4. The van der Waals surface area contributed by atoms with Crippen LogP contribution in [0.15, 0.2) is 93.3 Å². The number of benzene rings is 4. The lowest BCUT2D eigenvalue weighted by atomic mass is 10.1. The van der Waals surface area contributed by atoms with Gasteiger partial charge in [0.15, 0.2) is 10.3 Å². The number of hydrogen-bond donors (Lipinski definition) is 0. The van der Waals surface area contributed by atoms with Crippen LogP contribution in [-0.2, 0) is 45.2 Å². The molecule has 26 heteroatoms. The van der Waals surface area contributed by atoms with Gasteiger partial charge in [0.2, 0.25) is 20.0 Å². The van der Waals surface area contributed by atoms with Gasteiger partial charge in [-0.15, -0.1) is 22.7 Å². The number of ether oxygens (including phenoxy) is 2. The molecule has 0 bridgehead atoms. The molecule has 6 aromatic rings. The number of halogens is 10. The van der Waals surface area contributed by atoms with E-state index >= 15 is 0 Å². The van der Waals surface area contributed by atoms with Crippen molar-refractivity contribution in [2.75, 3.05) is 76.4 Å². The number of sulfonamides is 2. The summed E-state index contributed by atoms with van der Waals surface area (Å²) in [4.78, 5) is 12.1. The zero-order chi connectivity index (χ0) is 50.8. The minimum Gasteiger partial charge on any atom is -0.497 e. The SMILES string of the molecule is COc1ccc(Cc2csc(N3CCN(S(=O)(=O)c4cc(C(F)(F)F)ccc4Cl)CC3)n2)c(OC)c1.O=S(=O)(c1cc(C(F)(F)F)ccc1Cl)N1CCN(c2nc(Cc3ccc(Cl)cc3Cl)cs2)CC1. The summed E-state index contributed by atoms with van der Waals surface area (Å²) in [6.45, 7) is 1.73. The second kappa shape index (κ2) is 21.9. The number of rotatable bonds is 12. The van der Waals surface area contributed by atoms with E-state index in [4.69, 9.17) is 55.9 Å². The molecule has 8 rings (SSSR count). The van der Waals surface area contributed by atoms with E-state index in [2.05, 4.69) is 9.97 Å². The highest BCUT2D eigenvalue weighted by Gasteiger charge is 2.37. The van der Waals surface area contributed by atoms with E-state index in [1.54, 1.807) is 32.4 Å². The van der Waals surface area contributed by atoms with Gasteiger partial charge in [0.25, 0.3) is 0 Å². The fourth-order valence-electron chi connectivity index (χ4n) is 7.37. The highest BCUT2D eigenvalue weighted by Crippen LogP contribution is 2.37. The minimum atomic E-state index is -4.67. The summed E-state index contributed by atoms with van der Waals surface area (Å²) < 4.78 is 144. The average molecular weight is 1130 g/mol. The second-order valence-electron chi connectivity index (χ2n) is 15.6. The summed E-state index contributed by atoms with van der Waals surface area (Å²) in [5.41, 5.74) is 1.36. The van der Waals surface area contributed by atoms with Crippen LogP contribution < -0.4 is 19.3 Å². The first-order valence-corrected chi connectivity index (χ1v) is 26.9. The molecule has 2 aromatic heterocycles. The Labute approximate surface area is 428 Å². The minimum absolute atomic E-state index is 0.0901. The van der Waals surface area contributed by atoms with Gasteiger partial charge in [-0.3, -0.25) is 0 Å². The standard InChI is InChI=1S/C23H23ClF3N3O4S2.C21H17Cl3F3N3O2S2/c1-33-18-5-3-15(20(13-18)34-2)11-17-14-35-22(28-17)29-7-9-30(10-8-29)36(31,32)21-12-16(23(25,26)27)4-6-19(21)24;22-15-3-1-13(18(24)11-15)9-16-12-33-20(28-16)29-5-7-30(8-6-29)34(31,32)19-10-14(21(25,26)27)2-4-17(19)23/h3-6,12-14H,7-11H2,1-2H3;1-4,10-12H,5-9H2. The number of methoxy groups -OCH3 is 2. The maximum atomic E-state index is 13.1. The zero-order valence-electron chi connectivity index (χ0n) is 36.7. The van der Waals surface area contributed by atoms with Crippen LogP contribution >= 0.6 is 69.1 Å². The van der Waals surface area contributed by atoms with Crippen molar-refractivity contribution in [3.8, 4) is 11.5 Å². The molecule has 0 spiro atoms. The Morgan fingerprint density at radius 2 is 1.00 bits per heavy atom. The van der Waals surface area contributed by atoms with Crippen molar-refractivity contribution in [3.63, 3.8) is 0 Å². The van der Waals surface area contributed by atoms with Gasteiger partial charge in [-0.1, -0.05) is 58.5 Å². The molecule has 0 radical (unpaired) electrons. The van der Waals surface area contributed by atoms with Crippen LogP contribution in [-0.4, -0.2) is 102 Å². The van der Waals surface area contributed by atoms with Crippen molar-refractivity contribution in [3.05, 3.63) is 137 Å². The molecule has 0 unspecified atom stereocenters. The Morgan fingerprint density at radius 1 is 0.557 bits per heavy atom. The number of nitrogens with zero attached hydrogens (tertiary/aromatic N) is 6. The highest BCUT2D eigenvalue weighted by atomic mass is 35.5. The zero-order valence-corrected chi connectivity index (χ0v) is 43.0. The molecule has 70 heavy (non-hydrogen) atoms. The fraction of sp³-hybridized carbons (Fsp3) is 0.318. The van der Waals surface area contributed by atoms with Gasteiger partial charge >= 0.3 is 12.4 Å². The van der Waals surface area contributed by atoms with E-state index in [1.807, 2.05) is 38.8 Å². The molecular weight excluding hydrogens is 1090 g/mol. The molecule has 0 amide bonds. The van der Waals surface area contributed by atoms with Gasteiger partial charge < -0.3 is 19.3 Å². The molecule has 0 atom stereocenters. The van der Waals surface area contributed by atoms with Gasteiger partial charge in [-0.25, -0.2) is 26.8 Å². The van der Waals surface area contributed by atoms with Gasteiger partial charge in [0.05, 0.1) is 46.8 Å². The molecule has 0 aliphatic carbocycles. The van der Waals surface area contributed by atoms with Gasteiger partial charge in [0.1, 0.15) is 21.3 Å². The van der Waals surface area contributed by atoms with E-state index in [0.29, 0.717) is 72.7 Å². The first-order valence-electron chi connectivity index (χ1n) is 20.7. The molecule has 2 aliphatic heterocycles. The topological polar surface area (TPSA) is 125 Å². The van der Waals surface area contributed by atoms with Gasteiger partial charge in [-0.05, 0) is 60.2 Å². The molecule has 2 saturated heterocycles. The number of hydrogen-bond acceptors (Lipinski definition) is 12. The summed E-state index contributed by atoms with van der Waals surface area (Å²) in [6, 6.07) is 15.4. The first-order chi connectivity index (χ1) is 33.0. The predicted octanol–water partition coefficient (Wildman–Crippen LogP) is 11.2. The van der Waals surface area contributed by atoms with Crippen LogP contribution in [0, 0.1) is 0 Å². The number of aromatic nitrogens is 2. The van der Waals surface area contributed by atoms with Crippen LogP contribution in [0.4, 0.5) is 36.6 Å². The Hall–Kier alpha value is -4.10. The summed E-state index contributed by atoms with van der Waals surface area (Å²) >= 11 is 27.0. The van der Waals surface area contributed by atoms with E-state index < -0.39 is 53.3 Å². The molecule has 0 N–H and O–H groups in total. The average Bonchev–Trinajstić information content (AvgIpc) is 4.00. The smallest absolute Gasteiger partial charge is 0.416 e. The van der Waals surface area contributed by atoms with Gasteiger partial charge in [-0.2, -0.15) is 35.0 Å². The van der Waals surface area contributed by atoms with Crippen molar-refractivity contribution in [2.45, 2.75) is 35.0 Å². The molecular formula is C44H40Cl4F6N6O6S4. The van der Waals surface area contributed by atoms with Crippen LogP contribution in [0.2, 0.25) is 20.1 Å².